The molecule has 0 saturated heterocycles. The molecule has 0 fully saturated rings. The van der Waals surface area contributed by atoms with Gasteiger partial charge in [-0.15, -0.1) is 0 Å². The predicted octanol–water partition coefficient (Wildman–Crippen LogP) is 2.46. The van der Waals surface area contributed by atoms with E-state index in [9.17, 15) is 13.2 Å². The van der Waals surface area contributed by atoms with E-state index in [0.717, 1.165) is 5.56 Å². The van der Waals surface area contributed by atoms with Crippen molar-refractivity contribution in [1.29, 1.82) is 0 Å². The minimum atomic E-state index is -3.50. The second kappa shape index (κ2) is 6.55. The number of hydrogen-bond donors (Lipinski definition) is 1. The lowest BCUT2D eigenvalue weighted by molar-refractivity contribution is 0.0734. The van der Waals surface area contributed by atoms with Gasteiger partial charge in [0.05, 0.1) is 10.5 Å². The first kappa shape index (κ1) is 15.9. The zero-order valence-corrected chi connectivity index (χ0v) is 12.8. The van der Waals surface area contributed by atoms with Crippen LogP contribution in [0.25, 0.3) is 6.08 Å². The molecule has 2 aromatic carbocycles. The number of benzene rings is 2. The van der Waals surface area contributed by atoms with Crippen molar-refractivity contribution in [2.24, 2.45) is 0 Å². The Morgan fingerprint density at radius 2 is 1.68 bits per heavy atom. The maximum atomic E-state index is 12.0. The van der Waals surface area contributed by atoms with E-state index in [0.29, 0.717) is 5.56 Å². The van der Waals surface area contributed by atoms with Gasteiger partial charge in [-0.3, -0.25) is 0 Å². The fraction of sp³-hybridized carbons (Fsp3) is 0.0625. The van der Waals surface area contributed by atoms with Gasteiger partial charge in [0.2, 0.25) is 10.0 Å². The molecule has 2 aromatic rings. The minimum Gasteiger partial charge on any atom is -0.423 e. The summed E-state index contributed by atoms with van der Waals surface area (Å²) in [4.78, 5) is 12.1. The average Bonchev–Trinajstić information content (AvgIpc) is 2.55. The molecular formula is C16H15NO4S. The van der Waals surface area contributed by atoms with E-state index in [-0.39, 0.29) is 10.6 Å². The second-order valence-corrected chi connectivity index (χ2v) is 6.28. The van der Waals surface area contributed by atoms with Gasteiger partial charge in [-0.05, 0) is 49.0 Å². The molecule has 2 rings (SSSR count). The summed E-state index contributed by atoms with van der Waals surface area (Å²) in [5.74, 6) is -0.243. The van der Waals surface area contributed by atoms with Crippen LogP contribution < -0.4 is 9.46 Å². The van der Waals surface area contributed by atoms with Crippen molar-refractivity contribution >= 4 is 22.1 Å². The summed E-state index contributed by atoms with van der Waals surface area (Å²) in [5, 5.41) is 0. The number of ether oxygens (including phenoxy) is 1. The summed E-state index contributed by atoms with van der Waals surface area (Å²) in [6, 6.07) is 12.4. The van der Waals surface area contributed by atoms with Gasteiger partial charge in [0.1, 0.15) is 5.75 Å². The largest absolute Gasteiger partial charge is 0.423 e. The maximum Gasteiger partial charge on any atom is 0.343 e. The molecule has 0 heterocycles. The summed E-state index contributed by atoms with van der Waals surface area (Å²) in [6.45, 7) is 3.64. The maximum absolute atomic E-state index is 12.0. The van der Waals surface area contributed by atoms with Crippen LogP contribution >= 0.6 is 0 Å². The molecule has 0 saturated carbocycles. The zero-order valence-electron chi connectivity index (χ0n) is 11.9. The van der Waals surface area contributed by atoms with E-state index >= 15 is 0 Å². The van der Waals surface area contributed by atoms with E-state index in [2.05, 4.69) is 11.3 Å². The second-order valence-electron chi connectivity index (χ2n) is 4.39. The molecule has 0 aromatic heterocycles. The SMILES string of the molecule is C=Cc1ccc(C(=O)Oc2ccc(S(=O)(=O)NC)cc2)cc1. The first-order valence-corrected chi connectivity index (χ1v) is 7.93. The Morgan fingerprint density at radius 3 is 2.18 bits per heavy atom. The molecule has 0 radical (unpaired) electrons. The van der Waals surface area contributed by atoms with Crippen LogP contribution in [0.2, 0.25) is 0 Å². The molecule has 6 heteroatoms. The lowest BCUT2D eigenvalue weighted by Crippen LogP contribution is -2.18. The van der Waals surface area contributed by atoms with Gasteiger partial charge < -0.3 is 4.74 Å². The number of carbonyl (C=O) groups is 1. The standard InChI is InChI=1S/C16H15NO4S/c1-3-12-4-6-13(7-5-12)16(18)21-14-8-10-15(11-9-14)22(19,20)17-2/h3-11,17H,1H2,2H3. The van der Waals surface area contributed by atoms with Gasteiger partial charge in [-0.2, -0.15) is 0 Å². The third-order valence-corrected chi connectivity index (χ3v) is 4.43. The fourth-order valence-electron chi connectivity index (χ4n) is 1.73. The first-order chi connectivity index (χ1) is 10.5. The number of sulfonamides is 1. The number of rotatable bonds is 5. The fourth-order valence-corrected chi connectivity index (χ4v) is 2.46. The third-order valence-electron chi connectivity index (χ3n) is 3.00. The highest BCUT2D eigenvalue weighted by Gasteiger charge is 2.12. The van der Waals surface area contributed by atoms with E-state index in [4.69, 9.17) is 4.74 Å². The van der Waals surface area contributed by atoms with E-state index in [1.54, 1.807) is 30.3 Å². The molecule has 114 valence electrons. The van der Waals surface area contributed by atoms with Crippen molar-refractivity contribution in [3.8, 4) is 5.75 Å². The van der Waals surface area contributed by atoms with Crippen molar-refractivity contribution in [3.63, 3.8) is 0 Å². The van der Waals surface area contributed by atoms with Crippen LogP contribution in [0.4, 0.5) is 0 Å². The first-order valence-electron chi connectivity index (χ1n) is 6.44. The van der Waals surface area contributed by atoms with E-state index < -0.39 is 16.0 Å². The van der Waals surface area contributed by atoms with Crippen LogP contribution in [0.1, 0.15) is 15.9 Å². The molecule has 0 amide bonds. The van der Waals surface area contributed by atoms with Crippen molar-refractivity contribution in [3.05, 3.63) is 66.2 Å². The van der Waals surface area contributed by atoms with Gasteiger partial charge in [0.25, 0.3) is 0 Å². The third kappa shape index (κ3) is 3.60. The van der Waals surface area contributed by atoms with Gasteiger partial charge in [0, 0.05) is 0 Å². The Balaban J connectivity index is 2.13. The number of nitrogens with one attached hydrogen (secondary N) is 1. The molecule has 0 aliphatic rings. The average molecular weight is 317 g/mol. The smallest absolute Gasteiger partial charge is 0.343 e. The lowest BCUT2D eigenvalue weighted by Gasteiger charge is -2.06. The van der Waals surface area contributed by atoms with Crippen LogP contribution in [-0.4, -0.2) is 21.4 Å². The molecule has 5 nitrogen and oxygen atoms in total. The molecule has 0 aliphatic heterocycles. The Morgan fingerprint density at radius 1 is 1.09 bits per heavy atom. The monoisotopic (exact) mass is 317 g/mol. The van der Waals surface area contributed by atoms with Crippen molar-refractivity contribution in [2.75, 3.05) is 7.05 Å². The summed E-state index contributed by atoms with van der Waals surface area (Å²) in [7, 11) is -2.17. The summed E-state index contributed by atoms with van der Waals surface area (Å²) < 4.78 is 30.6. The van der Waals surface area contributed by atoms with Gasteiger partial charge in [0.15, 0.2) is 0 Å². The quantitative estimate of drug-likeness (QED) is 0.679. The van der Waals surface area contributed by atoms with Crippen molar-refractivity contribution in [2.45, 2.75) is 4.90 Å². The van der Waals surface area contributed by atoms with Crippen molar-refractivity contribution in [1.82, 2.24) is 4.72 Å². The molecule has 0 bridgehead atoms. The number of hydrogen-bond acceptors (Lipinski definition) is 4. The van der Waals surface area contributed by atoms with Crippen LogP contribution in [0.15, 0.2) is 60.0 Å². The molecule has 0 aliphatic carbocycles. The number of esters is 1. The molecule has 0 atom stereocenters. The van der Waals surface area contributed by atoms with Crippen LogP contribution in [0.3, 0.4) is 0 Å². The molecular weight excluding hydrogens is 302 g/mol. The zero-order chi connectivity index (χ0) is 16.2. The van der Waals surface area contributed by atoms with Gasteiger partial charge >= 0.3 is 5.97 Å². The van der Waals surface area contributed by atoms with Crippen LogP contribution in [0, 0.1) is 0 Å². The lowest BCUT2D eigenvalue weighted by atomic mass is 10.1. The Hall–Kier alpha value is -2.44. The molecule has 0 unspecified atom stereocenters. The van der Waals surface area contributed by atoms with Gasteiger partial charge in [-0.1, -0.05) is 24.8 Å². The Labute approximate surface area is 129 Å². The molecule has 1 N–H and O–H groups in total. The van der Waals surface area contributed by atoms with E-state index in [1.807, 2.05) is 0 Å². The van der Waals surface area contributed by atoms with Crippen LogP contribution in [0.5, 0.6) is 5.75 Å². The normalized spacial score (nSPS) is 11.0. The van der Waals surface area contributed by atoms with E-state index in [1.165, 1.54) is 31.3 Å². The summed E-state index contributed by atoms with van der Waals surface area (Å²) in [5.41, 5.74) is 1.30. The Kier molecular flexibility index (Phi) is 4.75. The summed E-state index contributed by atoms with van der Waals surface area (Å²) in [6.07, 6.45) is 1.68. The minimum absolute atomic E-state index is 0.102. The predicted molar refractivity (Wildman–Crippen MR) is 84.2 cm³/mol. The Bertz CT molecular complexity index is 778. The molecule has 22 heavy (non-hydrogen) atoms. The van der Waals surface area contributed by atoms with Crippen LogP contribution in [-0.2, 0) is 10.0 Å². The number of carbonyl (C=O) groups excluding carboxylic acids is 1. The molecule has 0 spiro atoms. The van der Waals surface area contributed by atoms with Gasteiger partial charge in [-0.25, -0.2) is 17.9 Å². The highest BCUT2D eigenvalue weighted by molar-refractivity contribution is 7.89. The summed E-state index contributed by atoms with van der Waals surface area (Å²) >= 11 is 0. The highest BCUT2D eigenvalue weighted by atomic mass is 32.2. The topological polar surface area (TPSA) is 72.5 Å². The van der Waals surface area contributed by atoms with Crippen molar-refractivity contribution < 1.29 is 17.9 Å². The highest BCUT2D eigenvalue weighted by Crippen LogP contribution is 2.17.